The van der Waals surface area contributed by atoms with Crippen molar-refractivity contribution in [1.82, 2.24) is 0 Å². The van der Waals surface area contributed by atoms with Crippen LogP contribution in [-0.4, -0.2) is 17.0 Å². The zero-order valence-electron chi connectivity index (χ0n) is 24.8. The molecule has 0 spiro atoms. The molecule has 0 N–H and O–H groups in total. The fraction of sp³-hybridized carbons (Fsp3) is 0.735. The second-order valence-corrected chi connectivity index (χ2v) is 14.4. The van der Waals surface area contributed by atoms with Crippen LogP contribution in [0, 0.1) is 56.5 Å². The molecule has 8 atom stereocenters. The summed E-state index contributed by atoms with van der Waals surface area (Å²) >= 11 is 0. The summed E-state index contributed by atoms with van der Waals surface area (Å²) < 4.78 is 5.93. The topological polar surface area (TPSA) is 69.4 Å². The number of nitro groups is 1. The highest BCUT2D eigenvalue weighted by molar-refractivity contribution is 5.89. The number of ether oxygens (including phenoxy) is 1. The number of carbonyl (C=O) groups excluding carboxylic acids is 1. The van der Waals surface area contributed by atoms with Crippen molar-refractivity contribution in [2.24, 2.45) is 46.3 Å². The second-order valence-electron chi connectivity index (χ2n) is 14.4. The summed E-state index contributed by atoms with van der Waals surface area (Å²) in [6, 6.07) is 5.73. The van der Waals surface area contributed by atoms with Crippen molar-refractivity contribution >= 4 is 11.7 Å². The average Bonchev–Trinajstić information content (AvgIpc) is 3.26. The lowest BCUT2D eigenvalue weighted by molar-refractivity contribution is -0.384. The van der Waals surface area contributed by atoms with Crippen molar-refractivity contribution in [3.8, 4) is 0 Å². The number of non-ortho nitro benzene ring substituents is 1. The lowest BCUT2D eigenvalue weighted by atomic mass is 9.47. The van der Waals surface area contributed by atoms with Gasteiger partial charge in [-0.2, -0.15) is 0 Å². The molecule has 0 heterocycles. The summed E-state index contributed by atoms with van der Waals surface area (Å²) in [5.74, 6) is 4.54. The van der Waals surface area contributed by atoms with Crippen LogP contribution in [-0.2, 0) is 4.74 Å². The van der Waals surface area contributed by atoms with Crippen LogP contribution < -0.4 is 0 Å². The molecule has 4 unspecified atom stereocenters. The Morgan fingerprint density at radius 1 is 1.03 bits per heavy atom. The summed E-state index contributed by atoms with van der Waals surface area (Å²) in [6.07, 6.45) is 16.1. The van der Waals surface area contributed by atoms with Crippen LogP contribution in [0.4, 0.5) is 5.69 Å². The van der Waals surface area contributed by atoms with Crippen LogP contribution in [0.5, 0.6) is 0 Å². The number of rotatable bonds is 8. The molecule has 0 amide bonds. The van der Waals surface area contributed by atoms with Crippen LogP contribution >= 0.6 is 0 Å². The van der Waals surface area contributed by atoms with Crippen LogP contribution in [0.3, 0.4) is 0 Å². The average molecular weight is 536 g/mol. The first-order valence-electron chi connectivity index (χ1n) is 15.7. The lowest BCUT2D eigenvalue weighted by Crippen LogP contribution is -2.51. The number of hydrogen-bond donors (Lipinski definition) is 0. The third kappa shape index (κ3) is 5.32. The Morgan fingerprint density at radius 2 is 1.77 bits per heavy atom. The summed E-state index contributed by atoms with van der Waals surface area (Å²) in [4.78, 5) is 23.3. The fourth-order valence-electron chi connectivity index (χ4n) is 9.69. The molecule has 0 bridgehead atoms. The number of nitrogens with zero attached hydrogens (tertiary/aromatic N) is 1. The van der Waals surface area contributed by atoms with E-state index in [4.69, 9.17) is 4.74 Å². The first kappa shape index (κ1) is 28.4. The molecule has 0 aliphatic heterocycles. The van der Waals surface area contributed by atoms with Gasteiger partial charge in [0.15, 0.2) is 0 Å². The zero-order valence-corrected chi connectivity index (χ0v) is 24.8. The van der Waals surface area contributed by atoms with Gasteiger partial charge in [-0.1, -0.05) is 65.5 Å². The van der Waals surface area contributed by atoms with Gasteiger partial charge in [0.25, 0.3) is 5.69 Å². The maximum Gasteiger partial charge on any atom is 0.338 e. The minimum Gasteiger partial charge on any atom is -0.458 e. The van der Waals surface area contributed by atoms with Crippen molar-refractivity contribution in [2.75, 3.05) is 0 Å². The maximum absolute atomic E-state index is 12.8. The van der Waals surface area contributed by atoms with E-state index in [1.807, 2.05) is 0 Å². The van der Waals surface area contributed by atoms with E-state index in [0.29, 0.717) is 11.0 Å². The summed E-state index contributed by atoms with van der Waals surface area (Å²) in [6.45, 7) is 12.4. The number of hydrogen-bond acceptors (Lipinski definition) is 4. The molecular weight excluding hydrogens is 486 g/mol. The highest BCUT2D eigenvalue weighted by Gasteiger charge is 2.59. The Morgan fingerprint density at radius 3 is 2.46 bits per heavy atom. The summed E-state index contributed by atoms with van der Waals surface area (Å²) in [7, 11) is 0. The van der Waals surface area contributed by atoms with E-state index in [-0.39, 0.29) is 23.2 Å². The highest BCUT2D eigenvalue weighted by atomic mass is 16.6. The molecule has 4 aliphatic rings. The van der Waals surface area contributed by atoms with Gasteiger partial charge in [0.2, 0.25) is 0 Å². The van der Waals surface area contributed by atoms with E-state index in [9.17, 15) is 14.9 Å². The molecule has 5 rings (SSSR count). The summed E-state index contributed by atoms with van der Waals surface area (Å²) in [5, 5.41) is 10.9. The molecule has 1 aromatic rings. The molecule has 0 aromatic heterocycles. The van der Waals surface area contributed by atoms with E-state index in [1.54, 1.807) is 0 Å². The molecule has 5 heteroatoms. The van der Waals surface area contributed by atoms with Gasteiger partial charge in [0, 0.05) is 18.6 Å². The molecule has 1 aromatic carbocycles. The number of esters is 1. The number of allylic oxidation sites excluding steroid dienone is 1. The van der Waals surface area contributed by atoms with Gasteiger partial charge in [-0.25, -0.2) is 4.79 Å². The van der Waals surface area contributed by atoms with Crippen LogP contribution in [0.25, 0.3) is 0 Å². The Hall–Kier alpha value is -2.17. The van der Waals surface area contributed by atoms with Crippen molar-refractivity contribution in [1.29, 1.82) is 0 Å². The number of carbonyl (C=O) groups is 1. The Kier molecular flexibility index (Phi) is 8.01. The fourth-order valence-corrected chi connectivity index (χ4v) is 9.69. The van der Waals surface area contributed by atoms with E-state index >= 15 is 0 Å². The van der Waals surface area contributed by atoms with Crippen molar-refractivity contribution in [3.63, 3.8) is 0 Å². The molecular formula is C34H49NO4. The molecule has 0 radical (unpaired) electrons. The Bertz CT molecular complexity index is 1090. The first-order valence-corrected chi connectivity index (χ1v) is 15.7. The predicted molar refractivity (Wildman–Crippen MR) is 155 cm³/mol. The molecule has 3 fully saturated rings. The molecule has 0 saturated heterocycles. The first-order chi connectivity index (χ1) is 18.5. The largest absolute Gasteiger partial charge is 0.458 e. The van der Waals surface area contributed by atoms with Gasteiger partial charge in [0.1, 0.15) is 6.10 Å². The van der Waals surface area contributed by atoms with Crippen LogP contribution in [0.2, 0.25) is 0 Å². The quantitative estimate of drug-likeness (QED) is 0.144. The zero-order chi connectivity index (χ0) is 27.9. The predicted octanol–water partition coefficient (Wildman–Crippen LogP) is 9.16. The number of benzene rings is 1. The maximum atomic E-state index is 12.8. The number of fused-ring (bicyclic) bond motifs is 5. The molecule has 5 nitrogen and oxygen atoms in total. The third-order valence-corrected chi connectivity index (χ3v) is 11.8. The van der Waals surface area contributed by atoms with Gasteiger partial charge >= 0.3 is 5.97 Å². The van der Waals surface area contributed by atoms with Crippen molar-refractivity contribution in [2.45, 2.75) is 111 Å². The Labute approximate surface area is 235 Å². The standard InChI is InChI=1S/C34H49NO4/c1-22(2)7-6-8-23(3)29-15-16-30-28-14-11-25-21-27(17-19-33(25,4)31(28)18-20-34(29,30)5)39-32(36)24-9-12-26(13-10-24)35(37)38/h9-13,22-23,27-31H,6-8,14-21H2,1-5H3/t23?,27-,28?,29-,30?,31?,33+,34-/m1/s1. The third-order valence-electron chi connectivity index (χ3n) is 11.8. The second kappa shape index (κ2) is 11.0. The van der Waals surface area contributed by atoms with Gasteiger partial charge in [-0.15, -0.1) is 0 Å². The van der Waals surface area contributed by atoms with E-state index in [0.717, 1.165) is 54.8 Å². The Balaban J connectivity index is 1.23. The van der Waals surface area contributed by atoms with Gasteiger partial charge in [-0.3, -0.25) is 10.1 Å². The van der Waals surface area contributed by atoms with Gasteiger partial charge in [0.05, 0.1) is 10.5 Å². The minimum absolute atomic E-state index is 0.0142. The van der Waals surface area contributed by atoms with Crippen LogP contribution in [0.1, 0.15) is 116 Å². The highest BCUT2D eigenvalue weighted by Crippen LogP contribution is 2.67. The van der Waals surface area contributed by atoms with E-state index in [2.05, 4.69) is 40.7 Å². The van der Waals surface area contributed by atoms with Crippen molar-refractivity contribution < 1.29 is 14.5 Å². The van der Waals surface area contributed by atoms with Gasteiger partial charge in [-0.05, 0) is 103 Å². The SMILES string of the molecule is CC(C)CCCC(C)[C@H]1CCC2C3CC=C4C[C@H](OC(=O)c5ccc([N+](=O)[O-])cc5)CC[C@]4(C)C3CC[C@@]21C. The van der Waals surface area contributed by atoms with Crippen LogP contribution in [0.15, 0.2) is 35.9 Å². The molecule has 214 valence electrons. The van der Waals surface area contributed by atoms with Gasteiger partial charge < -0.3 is 4.74 Å². The molecule has 39 heavy (non-hydrogen) atoms. The monoisotopic (exact) mass is 535 g/mol. The molecule has 4 aliphatic carbocycles. The van der Waals surface area contributed by atoms with E-state index in [1.165, 1.54) is 81.2 Å². The van der Waals surface area contributed by atoms with E-state index < -0.39 is 4.92 Å². The molecule has 3 saturated carbocycles. The lowest BCUT2D eigenvalue weighted by Gasteiger charge is -2.58. The number of nitro benzene ring substituents is 1. The van der Waals surface area contributed by atoms with Crippen molar-refractivity contribution in [3.05, 3.63) is 51.6 Å². The summed E-state index contributed by atoms with van der Waals surface area (Å²) in [5.41, 5.74) is 2.60. The smallest absolute Gasteiger partial charge is 0.338 e. The minimum atomic E-state index is -0.450. The normalized spacial score (nSPS) is 36.4.